The highest BCUT2D eigenvalue weighted by Gasteiger charge is 2.36. The third kappa shape index (κ3) is 3.23. The maximum atomic E-state index is 10.0. The Morgan fingerprint density at radius 3 is 2.54 bits per heavy atom. The van der Waals surface area contributed by atoms with Gasteiger partial charge in [0.2, 0.25) is 0 Å². The van der Waals surface area contributed by atoms with Gasteiger partial charge in [-0.1, -0.05) is 18.2 Å². The number of likely N-dealkylation sites (tertiary alicyclic amines) is 2. The maximum Gasteiger partial charge on any atom is 0.0500 e. The summed E-state index contributed by atoms with van der Waals surface area (Å²) in [7, 11) is 0. The molecule has 4 rings (SSSR count). The smallest absolute Gasteiger partial charge is 0.0500 e. The van der Waals surface area contributed by atoms with Crippen LogP contribution in [0.4, 0.5) is 0 Å². The Morgan fingerprint density at radius 1 is 1.00 bits per heavy atom. The SMILES string of the molecule is OCC1(CN2CCCC2)CCN(Cc2cccc3cc[nH]c23)CC1. The lowest BCUT2D eigenvalue weighted by molar-refractivity contribution is 0.0166. The average Bonchev–Trinajstić information content (AvgIpc) is 3.29. The molecular weight excluding hydrogens is 298 g/mol. The first-order valence-electron chi connectivity index (χ1n) is 9.39. The summed E-state index contributed by atoms with van der Waals surface area (Å²) in [4.78, 5) is 8.49. The molecule has 2 saturated heterocycles. The number of para-hydroxylation sites is 1. The van der Waals surface area contributed by atoms with Crippen molar-refractivity contribution in [3.63, 3.8) is 0 Å². The fourth-order valence-corrected chi connectivity index (χ4v) is 4.49. The number of aliphatic hydroxyl groups excluding tert-OH is 1. The van der Waals surface area contributed by atoms with Crippen LogP contribution in [-0.4, -0.2) is 59.2 Å². The highest BCUT2D eigenvalue weighted by Crippen LogP contribution is 2.34. The molecule has 1 aromatic carbocycles. The van der Waals surface area contributed by atoms with Gasteiger partial charge in [0.15, 0.2) is 0 Å². The Hall–Kier alpha value is -1.36. The predicted octanol–water partition coefficient (Wildman–Crippen LogP) is 2.84. The summed E-state index contributed by atoms with van der Waals surface area (Å²) in [6, 6.07) is 8.69. The first kappa shape index (κ1) is 16.1. The van der Waals surface area contributed by atoms with Crippen LogP contribution in [0.2, 0.25) is 0 Å². The maximum absolute atomic E-state index is 10.0. The zero-order chi connectivity index (χ0) is 16.4. The average molecular weight is 327 g/mol. The van der Waals surface area contributed by atoms with E-state index in [4.69, 9.17) is 0 Å². The van der Waals surface area contributed by atoms with E-state index in [-0.39, 0.29) is 5.41 Å². The van der Waals surface area contributed by atoms with E-state index in [0.717, 1.165) is 39.0 Å². The standard InChI is InChI=1S/C20H29N3O/c24-16-20(15-23-10-1-2-11-23)7-12-22(13-8-20)14-18-5-3-4-17-6-9-21-19(17)18/h3-6,9,21,24H,1-2,7-8,10-16H2. The van der Waals surface area contributed by atoms with Crippen molar-refractivity contribution in [1.29, 1.82) is 0 Å². The van der Waals surface area contributed by atoms with Gasteiger partial charge in [0.1, 0.15) is 0 Å². The van der Waals surface area contributed by atoms with Gasteiger partial charge in [-0.15, -0.1) is 0 Å². The second-order valence-corrected chi connectivity index (χ2v) is 7.78. The molecule has 0 amide bonds. The summed E-state index contributed by atoms with van der Waals surface area (Å²) < 4.78 is 0. The number of nitrogens with zero attached hydrogens (tertiary/aromatic N) is 2. The highest BCUT2D eigenvalue weighted by atomic mass is 16.3. The molecule has 0 aliphatic carbocycles. The van der Waals surface area contributed by atoms with Crippen LogP contribution in [0.3, 0.4) is 0 Å². The van der Waals surface area contributed by atoms with Gasteiger partial charge in [-0.05, 0) is 68.9 Å². The molecule has 0 spiro atoms. The fraction of sp³-hybridized carbons (Fsp3) is 0.600. The Morgan fingerprint density at radius 2 is 1.79 bits per heavy atom. The van der Waals surface area contributed by atoms with Gasteiger partial charge in [-0.3, -0.25) is 4.90 Å². The van der Waals surface area contributed by atoms with Crippen LogP contribution in [0, 0.1) is 5.41 Å². The van der Waals surface area contributed by atoms with Gasteiger partial charge in [-0.2, -0.15) is 0 Å². The van der Waals surface area contributed by atoms with Crippen molar-refractivity contribution < 1.29 is 5.11 Å². The molecule has 3 heterocycles. The normalized spacial score (nSPS) is 22.4. The van der Waals surface area contributed by atoms with E-state index in [9.17, 15) is 5.11 Å². The van der Waals surface area contributed by atoms with Gasteiger partial charge in [0.25, 0.3) is 0 Å². The highest BCUT2D eigenvalue weighted by molar-refractivity contribution is 5.82. The van der Waals surface area contributed by atoms with Gasteiger partial charge in [-0.25, -0.2) is 0 Å². The van der Waals surface area contributed by atoms with E-state index in [1.807, 2.05) is 6.20 Å². The number of aromatic amines is 1. The summed E-state index contributed by atoms with van der Waals surface area (Å²) in [5, 5.41) is 11.3. The molecule has 130 valence electrons. The molecule has 0 saturated carbocycles. The van der Waals surface area contributed by atoms with Crippen molar-refractivity contribution in [1.82, 2.24) is 14.8 Å². The molecule has 0 atom stereocenters. The molecule has 24 heavy (non-hydrogen) atoms. The third-order valence-electron chi connectivity index (χ3n) is 6.08. The number of benzene rings is 1. The van der Waals surface area contributed by atoms with E-state index < -0.39 is 0 Å². The second-order valence-electron chi connectivity index (χ2n) is 7.78. The van der Waals surface area contributed by atoms with Gasteiger partial charge in [0, 0.05) is 30.2 Å². The molecule has 0 radical (unpaired) electrons. The van der Waals surface area contributed by atoms with Crippen molar-refractivity contribution in [3.05, 3.63) is 36.0 Å². The number of hydrogen-bond donors (Lipinski definition) is 2. The summed E-state index contributed by atoms with van der Waals surface area (Å²) in [6.45, 7) is 7.05. The zero-order valence-electron chi connectivity index (χ0n) is 14.5. The number of nitrogens with one attached hydrogen (secondary N) is 1. The van der Waals surface area contributed by atoms with Crippen LogP contribution in [0.5, 0.6) is 0 Å². The van der Waals surface area contributed by atoms with E-state index in [1.54, 1.807) is 0 Å². The lowest BCUT2D eigenvalue weighted by Crippen LogP contribution is -2.47. The number of H-pyrrole nitrogens is 1. The number of aliphatic hydroxyl groups is 1. The van der Waals surface area contributed by atoms with Crippen molar-refractivity contribution in [3.8, 4) is 0 Å². The van der Waals surface area contributed by atoms with Gasteiger partial charge < -0.3 is 15.0 Å². The van der Waals surface area contributed by atoms with Crippen LogP contribution in [-0.2, 0) is 6.54 Å². The van der Waals surface area contributed by atoms with Crippen molar-refractivity contribution in [2.75, 3.05) is 39.3 Å². The second kappa shape index (κ2) is 6.87. The Balaban J connectivity index is 1.39. The first-order chi connectivity index (χ1) is 11.8. The van der Waals surface area contributed by atoms with Crippen LogP contribution < -0.4 is 0 Å². The summed E-state index contributed by atoms with van der Waals surface area (Å²) in [5.74, 6) is 0. The topological polar surface area (TPSA) is 42.5 Å². The van der Waals surface area contributed by atoms with Crippen molar-refractivity contribution >= 4 is 10.9 Å². The van der Waals surface area contributed by atoms with E-state index in [2.05, 4.69) is 39.0 Å². The Labute approximate surface area is 144 Å². The van der Waals surface area contributed by atoms with Crippen LogP contribution in [0.1, 0.15) is 31.2 Å². The lowest BCUT2D eigenvalue weighted by Gasteiger charge is -2.42. The molecule has 1 aromatic heterocycles. The molecule has 2 aromatic rings. The zero-order valence-corrected chi connectivity index (χ0v) is 14.5. The van der Waals surface area contributed by atoms with Gasteiger partial charge >= 0.3 is 0 Å². The molecule has 2 aliphatic heterocycles. The monoisotopic (exact) mass is 327 g/mol. The minimum Gasteiger partial charge on any atom is -0.396 e. The quantitative estimate of drug-likeness (QED) is 0.887. The predicted molar refractivity (Wildman–Crippen MR) is 98.0 cm³/mol. The molecule has 0 unspecified atom stereocenters. The Bertz CT molecular complexity index is 666. The first-order valence-corrected chi connectivity index (χ1v) is 9.39. The Kier molecular flexibility index (Phi) is 4.61. The minimum atomic E-state index is 0.124. The van der Waals surface area contributed by atoms with E-state index in [1.165, 1.54) is 42.4 Å². The molecule has 2 N–H and O–H groups in total. The molecule has 2 fully saturated rings. The summed E-state index contributed by atoms with van der Waals surface area (Å²) in [5.41, 5.74) is 2.78. The van der Waals surface area contributed by atoms with E-state index >= 15 is 0 Å². The summed E-state index contributed by atoms with van der Waals surface area (Å²) in [6.07, 6.45) is 6.90. The number of hydrogen-bond acceptors (Lipinski definition) is 3. The largest absolute Gasteiger partial charge is 0.396 e. The van der Waals surface area contributed by atoms with Crippen LogP contribution >= 0.6 is 0 Å². The number of rotatable bonds is 5. The van der Waals surface area contributed by atoms with Crippen molar-refractivity contribution in [2.45, 2.75) is 32.2 Å². The molecule has 4 heteroatoms. The van der Waals surface area contributed by atoms with Crippen molar-refractivity contribution in [2.24, 2.45) is 5.41 Å². The number of fused-ring (bicyclic) bond motifs is 1. The number of piperidine rings is 1. The van der Waals surface area contributed by atoms with E-state index in [0.29, 0.717) is 6.61 Å². The molecule has 2 aliphatic rings. The summed E-state index contributed by atoms with van der Waals surface area (Å²) >= 11 is 0. The van der Waals surface area contributed by atoms with Gasteiger partial charge in [0.05, 0.1) is 6.61 Å². The van der Waals surface area contributed by atoms with Crippen LogP contribution in [0.15, 0.2) is 30.5 Å². The van der Waals surface area contributed by atoms with Crippen LogP contribution in [0.25, 0.3) is 10.9 Å². The third-order valence-corrected chi connectivity index (χ3v) is 6.08. The number of aromatic nitrogens is 1. The molecular formula is C20H29N3O. The molecule has 4 nitrogen and oxygen atoms in total. The minimum absolute atomic E-state index is 0.124. The fourth-order valence-electron chi connectivity index (χ4n) is 4.49. The molecule has 0 bridgehead atoms. The lowest BCUT2D eigenvalue weighted by atomic mass is 9.78.